The number of amides is 1. The van der Waals surface area contributed by atoms with Crippen molar-refractivity contribution >= 4 is 28.5 Å². The summed E-state index contributed by atoms with van der Waals surface area (Å²) in [5.74, 6) is 0.985. The Morgan fingerprint density at radius 3 is 3.24 bits per heavy atom. The van der Waals surface area contributed by atoms with Crippen molar-refractivity contribution in [1.29, 1.82) is 0 Å². The predicted octanol–water partition coefficient (Wildman–Crippen LogP) is 1.82. The maximum absolute atomic E-state index is 12.2. The molecule has 0 fully saturated rings. The second kappa shape index (κ2) is 7.26. The maximum atomic E-state index is 12.2. The molecule has 0 atom stereocenters. The first-order valence-corrected chi connectivity index (χ1v) is 9.42. The average molecular weight is 356 g/mol. The van der Waals surface area contributed by atoms with E-state index >= 15 is 0 Å². The molecule has 0 saturated carbocycles. The quantitative estimate of drug-likeness (QED) is 0.799. The number of carbonyl (C=O) groups is 1. The summed E-state index contributed by atoms with van der Waals surface area (Å²) in [6.07, 6.45) is 5.05. The monoisotopic (exact) mass is 356 g/mol. The van der Waals surface area contributed by atoms with Crippen LogP contribution in [-0.2, 0) is 11.2 Å². The van der Waals surface area contributed by atoms with Crippen molar-refractivity contribution in [2.24, 2.45) is 4.99 Å². The first kappa shape index (κ1) is 16.1. The van der Waals surface area contributed by atoms with Crippen LogP contribution in [0.15, 0.2) is 40.5 Å². The topological polar surface area (TPSA) is 74.9 Å². The van der Waals surface area contributed by atoms with Gasteiger partial charge >= 0.3 is 0 Å². The molecule has 2 aliphatic heterocycles. The number of rotatable bonds is 6. The lowest BCUT2D eigenvalue weighted by atomic mass is 10.2. The van der Waals surface area contributed by atoms with E-state index in [4.69, 9.17) is 0 Å². The molecule has 8 heteroatoms. The van der Waals surface area contributed by atoms with Crippen LogP contribution < -0.4 is 5.32 Å². The fourth-order valence-corrected chi connectivity index (χ4v) is 3.99. The highest BCUT2D eigenvalue weighted by Gasteiger charge is 2.25. The lowest BCUT2D eigenvalue weighted by Crippen LogP contribution is -2.33. The highest BCUT2D eigenvalue weighted by Crippen LogP contribution is 2.30. The molecule has 0 saturated heterocycles. The zero-order chi connectivity index (χ0) is 17.1. The highest BCUT2D eigenvalue weighted by atomic mass is 32.2. The van der Waals surface area contributed by atoms with Gasteiger partial charge in [-0.25, -0.2) is 0 Å². The first-order valence-electron chi connectivity index (χ1n) is 8.54. The van der Waals surface area contributed by atoms with Crippen molar-refractivity contribution in [3.8, 4) is 0 Å². The van der Waals surface area contributed by atoms with Gasteiger partial charge in [0.25, 0.3) is 0 Å². The molecule has 2 aromatic rings. The molecule has 0 unspecified atom stereocenters. The SMILES string of the molecule is O=C(CC1=CSC2=NCCCN12)NCCCc1nnc2ccccn12. The normalized spacial score (nSPS) is 16.6. The van der Waals surface area contributed by atoms with Crippen molar-refractivity contribution in [3.63, 3.8) is 0 Å². The third kappa shape index (κ3) is 3.53. The van der Waals surface area contributed by atoms with Crippen LogP contribution in [0.4, 0.5) is 0 Å². The fourth-order valence-electron chi connectivity index (χ4n) is 3.04. The number of nitrogens with one attached hydrogen (secondary N) is 1. The van der Waals surface area contributed by atoms with Crippen LogP contribution in [-0.4, -0.2) is 50.2 Å². The molecule has 0 aromatic carbocycles. The molecule has 2 aliphatic rings. The van der Waals surface area contributed by atoms with Crippen molar-refractivity contribution in [1.82, 2.24) is 24.8 Å². The van der Waals surface area contributed by atoms with Gasteiger partial charge < -0.3 is 10.2 Å². The Bertz CT molecular complexity index is 843. The van der Waals surface area contributed by atoms with Gasteiger partial charge in [0.1, 0.15) is 5.82 Å². The molecular formula is C17H20N6OS. The Labute approximate surface area is 150 Å². The van der Waals surface area contributed by atoms with Crippen LogP contribution in [0.2, 0.25) is 0 Å². The summed E-state index contributed by atoms with van der Waals surface area (Å²) in [4.78, 5) is 18.8. The molecule has 130 valence electrons. The van der Waals surface area contributed by atoms with E-state index in [1.54, 1.807) is 11.8 Å². The van der Waals surface area contributed by atoms with E-state index in [9.17, 15) is 4.79 Å². The van der Waals surface area contributed by atoms with E-state index in [0.29, 0.717) is 13.0 Å². The molecule has 0 aliphatic carbocycles. The molecule has 1 N–H and O–H groups in total. The Kier molecular flexibility index (Phi) is 4.69. The van der Waals surface area contributed by atoms with Crippen molar-refractivity contribution in [2.75, 3.05) is 19.6 Å². The maximum Gasteiger partial charge on any atom is 0.225 e. The third-order valence-electron chi connectivity index (χ3n) is 4.29. The van der Waals surface area contributed by atoms with Crippen molar-refractivity contribution in [2.45, 2.75) is 25.7 Å². The van der Waals surface area contributed by atoms with E-state index in [-0.39, 0.29) is 5.91 Å². The summed E-state index contributed by atoms with van der Waals surface area (Å²) in [6.45, 7) is 2.50. The Hall–Kier alpha value is -2.35. The first-order chi connectivity index (χ1) is 12.3. The third-order valence-corrected chi connectivity index (χ3v) is 5.24. The van der Waals surface area contributed by atoms with E-state index in [2.05, 4.69) is 25.4 Å². The van der Waals surface area contributed by atoms with Gasteiger partial charge in [-0.05, 0) is 30.4 Å². The van der Waals surface area contributed by atoms with E-state index < -0.39 is 0 Å². The Morgan fingerprint density at radius 2 is 2.28 bits per heavy atom. The minimum absolute atomic E-state index is 0.0600. The zero-order valence-electron chi connectivity index (χ0n) is 13.9. The van der Waals surface area contributed by atoms with Crippen LogP contribution in [0.25, 0.3) is 5.65 Å². The molecule has 0 radical (unpaired) electrons. The molecule has 1 amide bonds. The van der Waals surface area contributed by atoms with Gasteiger partial charge in [0.15, 0.2) is 10.8 Å². The van der Waals surface area contributed by atoms with Gasteiger partial charge in [0, 0.05) is 37.9 Å². The van der Waals surface area contributed by atoms with Gasteiger partial charge in [-0.2, -0.15) is 0 Å². The van der Waals surface area contributed by atoms with Crippen molar-refractivity contribution in [3.05, 3.63) is 41.3 Å². The number of hydrogen-bond acceptors (Lipinski definition) is 6. The summed E-state index contributed by atoms with van der Waals surface area (Å²) in [7, 11) is 0. The molecule has 7 nitrogen and oxygen atoms in total. The number of carbonyl (C=O) groups excluding carboxylic acids is 1. The molecular weight excluding hydrogens is 336 g/mol. The van der Waals surface area contributed by atoms with E-state index in [1.807, 2.05) is 34.2 Å². The number of aryl methyl sites for hydroxylation is 1. The van der Waals surface area contributed by atoms with E-state index in [1.165, 1.54) is 0 Å². The zero-order valence-corrected chi connectivity index (χ0v) is 14.7. The second-order valence-corrected chi connectivity index (χ2v) is 6.91. The van der Waals surface area contributed by atoms with Crippen LogP contribution in [0.1, 0.15) is 25.1 Å². The molecule has 0 bridgehead atoms. The predicted molar refractivity (Wildman–Crippen MR) is 98.2 cm³/mol. The number of nitrogens with zero attached hydrogens (tertiary/aromatic N) is 5. The van der Waals surface area contributed by atoms with Gasteiger partial charge in [-0.1, -0.05) is 17.8 Å². The van der Waals surface area contributed by atoms with Crippen LogP contribution in [0.3, 0.4) is 0 Å². The molecule has 2 aromatic heterocycles. The van der Waals surface area contributed by atoms with Gasteiger partial charge in [0.05, 0.1) is 6.42 Å². The standard InChI is InChI=1S/C17H20N6OS/c24-16(11-13-12-25-17-19-8-4-10-22(13)17)18-7-3-6-15-21-20-14-5-1-2-9-23(14)15/h1-2,5,9,12H,3-4,6-8,10-11H2,(H,18,24). The number of pyridine rings is 1. The van der Waals surface area contributed by atoms with Gasteiger partial charge in [0.2, 0.25) is 5.91 Å². The molecule has 0 spiro atoms. The Balaban J connectivity index is 1.23. The molecule has 4 rings (SSSR count). The van der Waals surface area contributed by atoms with E-state index in [0.717, 1.165) is 54.7 Å². The lowest BCUT2D eigenvalue weighted by molar-refractivity contribution is -0.120. The summed E-state index contributed by atoms with van der Waals surface area (Å²) in [5, 5.41) is 14.4. The summed E-state index contributed by atoms with van der Waals surface area (Å²) >= 11 is 1.62. The summed E-state index contributed by atoms with van der Waals surface area (Å²) < 4.78 is 1.99. The Morgan fingerprint density at radius 1 is 1.32 bits per heavy atom. The van der Waals surface area contributed by atoms with Crippen LogP contribution in [0, 0.1) is 0 Å². The largest absolute Gasteiger partial charge is 0.356 e. The number of aliphatic imine (C=N–C) groups is 1. The minimum atomic E-state index is 0.0600. The lowest BCUT2D eigenvalue weighted by Gasteiger charge is -2.25. The summed E-state index contributed by atoms with van der Waals surface area (Å²) in [5.41, 5.74) is 1.91. The number of amidine groups is 1. The van der Waals surface area contributed by atoms with Gasteiger partial charge in [-0.15, -0.1) is 10.2 Å². The fraction of sp³-hybridized carbons (Fsp3) is 0.412. The molecule has 4 heterocycles. The van der Waals surface area contributed by atoms with Gasteiger partial charge in [-0.3, -0.25) is 14.2 Å². The number of thioether (sulfide) groups is 1. The van der Waals surface area contributed by atoms with Crippen LogP contribution in [0.5, 0.6) is 0 Å². The second-order valence-electron chi connectivity index (χ2n) is 6.07. The number of fused-ring (bicyclic) bond motifs is 2. The number of hydrogen-bond donors (Lipinski definition) is 1. The molecule has 25 heavy (non-hydrogen) atoms. The van der Waals surface area contributed by atoms with Crippen LogP contribution >= 0.6 is 11.8 Å². The van der Waals surface area contributed by atoms with Crippen molar-refractivity contribution < 1.29 is 4.79 Å². The summed E-state index contributed by atoms with van der Waals surface area (Å²) in [6, 6.07) is 5.85. The minimum Gasteiger partial charge on any atom is -0.356 e. The highest BCUT2D eigenvalue weighted by molar-refractivity contribution is 8.16. The smallest absolute Gasteiger partial charge is 0.225 e. The average Bonchev–Trinajstić information content (AvgIpc) is 3.24. The number of aromatic nitrogens is 3.